The van der Waals surface area contributed by atoms with Crippen molar-refractivity contribution in [1.82, 2.24) is 4.90 Å². The van der Waals surface area contributed by atoms with E-state index in [1.807, 2.05) is 31.3 Å². The maximum Gasteiger partial charge on any atom is 0.242 e. The molecule has 0 aliphatic heterocycles. The van der Waals surface area contributed by atoms with Gasteiger partial charge in [-0.2, -0.15) is 0 Å². The number of benzene rings is 1. The smallest absolute Gasteiger partial charge is 0.242 e. The largest absolute Gasteiger partial charge is 0.497 e. The number of hydrogen-bond donors (Lipinski definition) is 1. The molecule has 0 spiro atoms. The van der Waals surface area contributed by atoms with Gasteiger partial charge in [0.1, 0.15) is 5.75 Å². The number of nitrogens with two attached hydrogens (primary N) is 1. The number of amides is 1. The molecule has 0 atom stereocenters. The van der Waals surface area contributed by atoms with Gasteiger partial charge >= 0.3 is 0 Å². The summed E-state index contributed by atoms with van der Waals surface area (Å²) in [4.78, 5) is 14.3. The van der Waals surface area contributed by atoms with E-state index in [1.165, 1.54) is 6.42 Å². The Balaban J connectivity index is 1.99. The number of hydrogen-bond acceptors (Lipinski definition) is 3. The first-order valence-corrected chi connectivity index (χ1v) is 7.22. The van der Waals surface area contributed by atoms with Crippen molar-refractivity contribution < 1.29 is 9.53 Å². The third-order valence-corrected chi connectivity index (χ3v) is 4.10. The fourth-order valence-corrected chi connectivity index (χ4v) is 2.85. The summed E-state index contributed by atoms with van der Waals surface area (Å²) < 4.78 is 5.13. The molecule has 1 aliphatic carbocycles. The van der Waals surface area contributed by atoms with Gasteiger partial charge in [0.2, 0.25) is 5.91 Å². The quantitative estimate of drug-likeness (QED) is 0.918. The molecule has 0 heterocycles. The van der Waals surface area contributed by atoms with Crippen molar-refractivity contribution in [3.63, 3.8) is 0 Å². The van der Waals surface area contributed by atoms with Crippen LogP contribution < -0.4 is 10.5 Å². The third-order valence-electron chi connectivity index (χ3n) is 4.10. The van der Waals surface area contributed by atoms with E-state index in [9.17, 15) is 4.79 Å². The average Bonchev–Trinajstić information content (AvgIpc) is 2.48. The highest BCUT2D eigenvalue weighted by Gasteiger charge is 2.37. The van der Waals surface area contributed by atoms with Gasteiger partial charge in [-0.3, -0.25) is 4.79 Å². The number of carbonyl (C=O) groups excluding carboxylic acids is 1. The first kappa shape index (κ1) is 14.9. The minimum absolute atomic E-state index is 0.0630. The molecule has 2 rings (SSSR count). The van der Waals surface area contributed by atoms with Crippen molar-refractivity contribution in [2.24, 2.45) is 5.73 Å². The van der Waals surface area contributed by atoms with Gasteiger partial charge in [-0.1, -0.05) is 31.4 Å². The number of nitrogens with zero attached hydrogens (tertiary/aromatic N) is 1. The SMILES string of the molecule is COc1ccc(CN(C)C(=O)C2(N)CCCCC2)cc1. The number of methoxy groups -OCH3 is 1. The molecule has 0 radical (unpaired) electrons. The molecular weight excluding hydrogens is 252 g/mol. The fourth-order valence-electron chi connectivity index (χ4n) is 2.85. The van der Waals surface area contributed by atoms with Crippen molar-refractivity contribution in [3.05, 3.63) is 29.8 Å². The summed E-state index contributed by atoms with van der Waals surface area (Å²) >= 11 is 0. The number of rotatable bonds is 4. The van der Waals surface area contributed by atoms with E-state index >= 15 is 0 Å². The molecule has 1 saturated carbocycles. The molecule has 0 bridgehead atoms. The van der Waals surface area contributed by atoms with E-state index in [0.717, 1.165) is 37.0 Å². The molecule has 1 amide bonds. The molecule has 1 aromatic carbocycles. The Labute approximate surface area is 120 Å². The summed E-state index contributed by atoms with van der Waals surface area (Å²) in [6.45, 7) is 0.585. The first-order chi connectivity index (χ1) is 9.55. The zero-order chi connectivity index (χ0) is 14.6. The fraction of sp³-hybridized carbons (Fsp3) is 0.562. The molecular formula is C16H24N2O2. The predicted octanol–water partition coefficient (Wildman–Crippen LogP) is 2.32. The van der Waals surface area contributed by atoms with Gasteiger partial charge in [0, 0.05) is 13.6 Å². The van der Waals surface area contributed by atoms with Crippen LogP contribution >= 0.6 is 0 Å². The molecule has 110 valence electrons. The van der Waals surface area contributed by atoms with Gasteiger partial charge in [-0.15, -0.1) is 0 Å². The van der Waals surface area contributed by atoms with Crippen LogP contribution in [0.2, 0.25) is 0 Å². The number of carbonyl (C=O) groups is 1. The second-order valence-electron chi connectivity index (χ2n) is 5.73. The summed E-state index contributed by atoms with van der Waals surface area (Å²) in [7, 11) is 3.47. The zero-order valence-electron chi connectivity index (χ0n) is 12.4. The Morgan fingerprint density at radius 3 is 2.40 bits per heavy atom. The zero-order valence-corrected chi connectivity index (χ0v) is 12.4. The van der Waals surface area contributed by atoms with Crippen LogP contribution in [0.5, 0.6) is 5.75 Å². The van der Waals surface area contributed by atoms with E-state index in [-0.39, 0.29) is 5.91 Å². The monoisotopic (exact) mass is 276 g/mol. The van der Waals surface area contributed by atoms with E-state index < -0.39 is 5.54 Å². The Morgan fingerprint density at radius 1 is 1.25 bits per heavy atom. The van der Waals surface area contributed by atoms with Crippen LogP contribution in [0, 0.1) is 0 Å². The van der Waals surface area contributed by atoms with Gasteiger partial charge in [0.15, 0.2) is 0 Å². The van der Waals surface area contributed by atoms with Crippen LogP contribution in [0.4, 0.5) is 0 Å². The first-order valence-electron chi connectivity index (χ1n) is 7.22. The van der Waals surface area contributed by atoms with Crippen LogP contribution in [0.15, 0.2) is 24.3 Å². The molecule has 4 nitrogen and oxygen atoms in total. The lowest BCUT2D eigenvalue weighted by molar-refractivity contribution is -0.137. The molecule has 0 saturated heterocycles. The Morgan fingerprint density at radius 2 is 1.85 bits per heavy atom. The molecule has 1 aromatic rings. The van der Waals surface area contributed by atoms with Crippen molar-refractivity contribution in [3.8, 4) is 5.75 Å². The van der Waals surface area contributed by atoms with Gasteiger partial charge < -0.3 is 15.4 Å². The van der Waals surface area contributed by atoms with Gasteiger partial charge in [-0.05, 0) is 30.5 Å². The lowest BCUT2D eigenvalue weighted by Gasteiger charge is -2.35. The molecule has 2 N–H and O–H groups in total. The van der Waals surface area contributed by atoms with Crippen molar-refractivity contribution in [2.45, 2.75) is 44.2 Å². The summed E-state index contributed by atoms with van der Waals surface area (Å²) in [6.07, 6.45) is 4.91. The molecule has 1 fully saturated rings. The highest BCUT2D eigenvalue weighted by molar-refractivity contribution is 5.86. The maximum absolute atomic E-state index is 12.5. The average molecular weight is 276 g/mol. The highest BCUT2D eigenvalue weighted by atomic mass is 16.5. The van der Waals surface area contributed by atoms with Gasteiger partial charge in [0.05, 0.1) is 12.6 Å². The van der Waals surface area contributed by atoms with E-state index in [1.54, 1.807) is 12.0 Å². The van der Waals surface area contributed by atoms with E-state index in [0.29, 0.717) is 6.54 Å². The Hall–Kier alpha value is -1.55. The lowest BCUT2D eigenvalue weighted by atomic mass is 9.81. The maximum atomic E-state index is 12.5. The van der Waals surface area contributed by atoms with Crippen LogP contribution in [-0.2, 0) is 11.3 Å². The van der Waals surface area contributed by atoms with Crippen LogP contribution in [0.1, 0.15) is 37.7 Å². The summed E-state index contributed by atoms with van der Waals surface area (Å²) in [5.74, 6) is 0.887. The van der Waals surface area contributed by atoms with Gasteiger partial charge in [0.25, 0.3) is 0 Å². The highest BCUT2D eigenvalue weighted by Crippen LogP contribution is 2.27. The van der Waals surface area contributed by atoms with Crippen molar-refractivity contribution in [1.29, 1.82) is 0 Å². The predicted molar refractivity (Wildman–Crippen MR) is 79.5 cm³/mol. The topological polar surface area (TPSA) is 55.6 Å². The minimum Gasteiger partial charge on any atom is -0.497 e. The lowest BCUT2D eigenvalue weighted by Crippen LogP contribution is -2.55. The molecule has 0 aromatic heterocycles. The molecule has 20 heavy (non-hydrogen) atoms. The van der Waals surface area contributed by atoms with Crippen LogP contribution in [0.25, 0.3) is 0 Å². The Bertz CT molecular complexity index is 450. The van der Waals surface area contributed by atoms with Crippen molar-refractivity contribution >= 4 is 5.91 Å². The normalized spacial score (nSPS) is 17.6. The summed E-state index contributed by atoms with van der Waals surface area (Å²) in [5, 5.41) is 0. The number of ether oxygens (including phenoxy) is 1. The third kappa shape index (κ3) is 3.31. The molecule has 4 heteroatoms. The van der Waals surface area contributed by atoms with Crippen LogP contribution in [0.3, 0.4) is 0 Å². The van der Waals surface area contributed by atoms with Gasteiger partial charge in [-0.25, -0.2) is 0 Å². The van der Waals surface area contributed by atoms with Crippen LogP contribution in [-0.4, -0.2) is 30.5 Å². The standard InChI is InChI=1S/C16H24N2O2/c1-18(12-13-6-8-14(20-2)9-7-13)15(19)16(17)10-4-3-5-11-16/h6-9H,3-5,10-12,17H2,1-2H3. The molecule has 0 unspecified atom stereocenters. The summed E-state index contributed by atoms with van der Waals surface area (Å²) in [5.41, 5.74) is 6.72. The minimum atomic E-state index is -0.653. The molecule has 1 aliphatic rings. The second-order valence-corrected chi connectivity index (χ2v) is 5.73. The van der Waals surface area contributed by atoms with E-state index in [4.69, 9.17) is 10.5 Å². The Kier molecular flexibility index (Phi) is 4.65. The summed E-state index contributed by atoms with van der Waals surface area (Å²) in [6, 6.07) is 7.78. The second kappa shape index (κ2) is 6.27. The van der Waals surface area contributed by atoms with Crippen molar-refractivity contribution in [2.75, 3.05) is 14.2 Å². The van der Waals surface area contributed by atoms with E-state index in [2.05, 4.69) is 0 Å². The number of likely N-dealkylation sites (N-methyl/N-ethyl adjacent to an activating group) is 1.